The smallest absolute Gasteiger partial charge is 0.205 e. The van der Waals surface area contributed by atoms with Gasteiger partial charge in [-0.15, -0.1) is 0 Å². The first-order chi connectivity index (χ1) is 15.9. The highest BCUT2D eigenvalue weighted by Gasteiger charge is 2.43. The van der Waals surface area contributed by atoms with E-state index in [2.05, 4.69) is 19.9 Å². The maximum atomic E-state index is 13.0. The molecule has 0 fully saturated rings. The van der Waals surface area contributed by atoms with Crippen molar-refractivity contribution < 1.29 is 9.53 Å². The Morgan fingerprint density at radius 2 is 1.76 bits per heavy atom. The number of carbonyl (C=O) groups excluding carboxylic acids is 1. The molecule has 0 unspecified atom stereocenters. The van der Waals surface area contributed by atoms with Gasteiger partial charge in [-0.1, -0.05) is 62.4 Å². The maximum absolute atomic E-state index is 13.0. The average molecular weight is 437 g/mol. The monoisotopic (exact) mass is 436 g/mol. The number of carbonyl (C=O) groups is 1. The zero-order valence-corrected chi connectivity index (χ0v) is 18.6. The molecule has 2 N–H and O–H groups in total. The van der Waals surface area contributed by atoms with Crippen molar-refractivity contribution >= 4 is 5.78 Å². The zero-order valence-electron chi connectivity index (χ0n) is 18.6. The Labute approximate surface area is 192 Å². The first kappa shape index (κ1) is 20.8. The van der Waals surface area contributed by atoms with E-state index in [9.17, 15) is 10.1 Å². The van der Waals surface area contributed by atoms with Crippen LogP contribution in [0.4, 0.5) is 0 Å². The number of Topliss-reactive ketones (excluding diaryl/α,β-unsaturated/α-hetero) is 1. The summed E-state index contributed by atoms with van der Waals surface area (Å²) in [7, 11) is 0. The van der Waals surface area contributed by atoms with Crippen LogP contribution in [0.15, 0.2) is 89.6 Å². The van der Waals surface area contributed by atoms with Gasteiger partial charge in [-0.05, 0) is 29.5 Å². The van der Waals surface area contributed by atoms with Gasteiger partial charge in [-0.3, -0.25) is 4.79 Å². The van der Waals surface area contributed by atoms with Gasteiger partial charge in [0, 0.05) is 23.7 Å². The predicted octanol–water partition coefficient (Wildman–Crippen LogP) is 4.99. The second-order valence-corrected chi connectivity index (χ2v) is 9.30. The van der Waals surface area contributed by atoms with E-state index in [1.165, 1.54) is 0 Å². The fourth-order valence-corrected chi connectivity index (χ4v) is 4.78. The molecule has 2 aromatic carbocycles. The van der Waals surface area contributed by atoms with Crippen LogP contribution in [0.1, 0.15) is 38.2 Å². The van der Waals surface area contributed by atoms with Crippen molar-refractivity contribution in [3.8, 4) is 23.0 Å². The minimum absolute atomic E-state index is 0.0132. The standard InChI is InChI=1S/C27H24N4O2/c1-27(2)13-19-23(20(15-28)26(29)33-25(19)22(32)14-27)21-16-31(18-11-7-4-8-12-18)30-24(21)17-9-5-3-6-10-17/h3-12,16,23H,13-14,29H2,1-2H3/t23-/m0/s1. The Hall–Kier alpha value is -4.11. The predicted molar refractivity (Wildman–Crippen MR) is 125 cm³/mol. The number of aromatic nitrogens is 2. The van der Waals surface area contributed by atoms with Gasteiger partial charge in [-0.2, -0.15) is 10.4 Å². The van der Waals surface area contributed by atoms with Crippen molar-refractivity contribution in [3.05, 3.63) is 95.2 Å². The fraction of sp³-hybridized carbons (Fsp3) is 0.222. The fourth-order valence-electron chi connectivity index (χ4n) is 4.78. The van der Waals surface area contributed by atoms with Crippen molar-refractivity contribution in [3.63, 3.8) is 0 Å². The summed E-state index contributed by atoms with van der Waals surface area (Å²) in [5.74, 6) is -0.319. The summed E-state index contributed by atoms with van der Waals surface area (Å²) in [4.78, 5) is 13.0. The van der Waals surface area contributed by atoms with Gasteiger partial charge in [0.1, 0.15) is 11.6 Å². The Kier molecular flexibility index (Phi) is 4.90. The minimum atomic E-state index is -0.505. The lowest BCUT2D eigenvalue weighted by molar-refractivity contribution is -0.121. The van der Waals surface area contributed by atoms with E-state index in [0.717, 1.165) is 28.1 Å². The largest absolute Gasteiger partial charge is 0.437 e. The molecule has 0 saturated heterocycles. The molecule has 1 aliphatic carbocycles. The Morgan fingerprint density at radius 1 is 1.09 bits per heavy atom. The van der Waals surface area contributed by atoms with Gasteiger partial charge in [0.05, 0.1) is 17.3 Å². The molecule has 1 aromatic heterocycles. The quantitative estimate of drug-likeness (QED) is 0.624. The molecule has 0 saturated carbocycles. The number of hydrogen-bond donors (Lipinski definition) is 1. The number of para-hydroxylation sites is 1. The van der Waals surface area contributed by atoms with Crippen molar-refractivity contribution in [2.75, 3.05) is 0 Å². The maximum Gasteiger partial charge on any atom is 0.205 e. The topological polar surface area (TPSA) is 93.9 Å². The summed E-state index contributed by atoms with van der Waals surface area (Å²) in [5.41, 5.74) is 10.4. The Bertz CT molecular complexity index is 1340. The van der Waals surface area contributed by atoms with Crippen LogP contribution < -0.4 is 5.73 Å². The molecule has 6 nitrogen and oxygen atoms in total. The van der Waals surface area contributed by atoms with E-state index in [0.29, 0.717) is 18.4 Å². The third-order valence-electron chi connectivity index (χ3n) is 6.21. The summed E-state index contributed by atoms with van der Waals surface area (Å²) in [5, 5.41) is 15.0. The molecular weight excluding hydrogens is 412 g/mol. The van der Waals surface area contributed by atoms with Crippen LogP contribution in [0.5, 0.6) is 0 Å². The number of benzene rings is 2. The highest BCUT2D eigenvalue weighted by atomic mass is 16.5. The van der Waals surface area contributed by atoms with E-state index in [1.807, 2.05) is 71.5 Å². The number of allylic oxidation sites excluding steroid dienone is 3. The molecule has 6 heteroatoms. The number of nitrogens with zero attached hydrogens (tertiary/aromatic N) is 3. The van der Waals surface area contributed by atoms with E-state index >= 15 is 0 Å². The molecule has 1 atom stereocenters. The number of nitrogens with two attached hydrogens (primary N) is 1. The first-order valence-electron chi connectivity index (χ1n) is 10.9. The van der Waals surface area contributed by atoms with E-state index in [-0.39, 0.29) is 22.8 Å². The molecular formula is C27H24N4O2. The third-order valence-corrected chi connectivity index (χ3v) is 6.21. The normalized spacial score (nSPS) is 19.7. The van der Waals surface area contributed by atoms with Crippen LogP contribution in [0.25, 0.3) is 16.9 Å². The number of nitriles is 1. The lowest BCUT2D eigenvalue weighted by atomic mass is 9.69. The van der Waals surface area contributed by atoms with Gasteiger partial charge < -0.3 is 10.5 Å². The summed E-state index contributed by atoms with van der Waals surface area (Å²) in [6, 6.07) is 21.9. The molecule has 0 bridgehead atoms. The van der Waals surface area contributed by atoms with Crippen LogP contribution in [0.3, 0.4) is 0 Å². The van der Waals surface area contributed by atoms with E-state index in [4.69, 9.17) is 15.6 Å². The highest BCUT2D eigenvalue weighted by molar-refractivity contribution is 5.96. The third kappa shape index (κ3) is 3.62. The van der Waals surface area contributed by atoms with Crippen molar-refractivity contribution in [2.45, 2.75) is 32.6 Å². The number of ether oxygens (including phenoxy) is 1. The van der Waals surface area contributed by atoms with Gasteiger partial charge in [0.25, 0.3) is 0 Å². The van der Waals surface area contributed by atoms with Gasteiger partial charge >= 0.3 is 0 Å². The van der Waals surface area contributed by atoms with Crippen LogP contribution in [0, 0.1) is 16.7 Å². The number of hydrogen-bond acceptors (Lipinski definition) is 5. The van der Waals surface area contributed by atoms with Crippen LogP contribution in [-0.2, 0) is 9.53 Å². The van der Waals surface area contributed by atoms with Gasteiger partial charge in [0.15, 0.2) is 11.5 Å². The molecule has 164 valence electrons. The second-order valence-electron chi connectivity index (χ2n) is 9.30. The van der Waals surface area contributed by atoms with Crippen LogP contribution >= 0.6 is 0 Å². The van der Waals surface area contributed by atoms with Crippen molar-refractivity contribution in [2.24, 2.45) is 11.1 Å². The molecule has 0 amide bonds. The Balaban J connectivity index is 1.77. The van der Waals surface area contributed by atoms with Gasteiger partial charge in [0.2, 0.25) is 5.88 Å². The highest BCUT2D eigenvalue weighted by Crippen LogP contribution is 2.50. The molecule has 1 aliphatic heterocycles. The number of ketones is 1. The molecule has 3 aromatic rings. The lowest BCUT2D eigenvalue weighted by Gasteiger charge is -2.37. The van der Waals surface area contributed by atoms with E-state index in [1.54, 1.807) is 0 Å². The molecule has 5 rings (SSSR count). The lowest BCUT2D eigenvalue weighted by Crippen LogP contribution is -2.33. The Morgan fingerprint density at radius 3 is 2.42 bits per heavy atom. The minimum Gasteiger partial charge on any atom is -0.437 e. The molecule has 33 heavy (non-hydrogen) atoms. The zero-order chi connectivity index (χ0) is 23.2. The molecule has 2 aliphatic rings. The molecule has 2 heterocycles. The van der Waals surface area contributed by atoms with E-state index < -0.39 is 5.92 Å². The van der Waals surface area contributed by atoms with Crippen LogP contribution in [-0.4, -0.2) is 15.6 Å². The van der Waals surface area contributed by atoms with Crippen LogP contribution in [0.2, 0.25) is 0 Å². The summed E-state index contributed by atoms with van der Waals surface area (Å²) >= 11 is 0. The number of rotatable bonds is 3. The second kappa shape index (κ2) is 7.79. The SMILES string of the molecule is CC1(C)CC(=O)C2=C(C1)[C@H](c1cn(-c3ccccc3)nc1-c1ccccc1)C(C#N)=C(N)O2. The average Bonchev–Trinajstić information content (AvgIpc) is 3.24. The summed E-state index contributed by atoms with van der Waals surface area (Å²) in [6.45, 7) is 4.12. The first-order valence-corrected chi connectivity index (χ1v) is 10.9. The van der Waals surface area contributed by atoms with Gasteiger partial charge in [-0.25, -0.2) is 4.68 Å². The summed E-state index contributed by atoms with van der Waals surface area (Å²) < 4.78 is 7.54. The van der Waals surface area contributed by atoms with Crippen molar-refractivity contribution in [1.29, 1.82) is 5.26 Å². The summed E-state index contributed by atoms with van der Waals surface area (Å²) in [6.07, 6.45) is 2.94. The molecule has 0 radical (unpaired) electrons. The van der Waals surface area contributed by atoms with Crippen molar-refractivity contribution in [1.82, 2.24) is 9.78 Å². The molecule has 0 spiro atoms.